The van der Waals surface area contributed by atoms with Crippen molar-refractivity contribution in [3.63, 3.8) is 0 Å². The molecule has 0 aliphatic heterocycles. The van der Waals surface area contributed by atoms with Crippen LogP contribution in [0.4, 0.5) is 0 Å². The highest BCUT2D eigenvalue weighted by Crippen LogP contribution is 2.31. The van der Waals surface area contributed by atoms with Gasteiger partial charge in [0.05, 0.1) is 31.5 Å². The highest BCUT2D eigenvalue weighted by Gasteiger charge is 2.10. The van der Waals surface area contributed by atoms with E-state index in [0.717, 1.165) is 14.5 Å². The second-order valence-electron chi connectivity index (χ2n) is 5.95. The molecule has 0 aliphatic carbocycles. The summed E-state index contributed by atoms with van der Waals surface area (Å²) in [5, 5.41) is 8.30. The van der Waals surface area contributed by atoms with Crippen molar-refractivity contribution in [3.8, 4) is 11.5 Å². The van der Waals surface area contributed by atoms with Crippen LogP contribution in [-0.2, 0) is 6.54 Å². The number of amides is 1. The van der Waals surface area contributed by atoms with E-state index in [1.165, 1.54) is 6.21 Å². The van der Waals surface area contributed by atoms with Crippen molar-refractivity contribution in [2.45, 2.75) is 6.54 Å². The molecule has 1 amide bonds. The Bertz CT molecular complexity index is 1030. The number of halogens is 2. The van der Waals surface area contributed by atoms with Crippen molar-refractivity contribution < 1.29 is 14.3 Å². The lowest BCUT2D eigenvalue weighted by atomic mass is 10.2. The molecule has 1 N–H and O–H groups in total. The van der Waals surface area contributed by atoms with E-state index >= 15 is 0 Å². The molecule has 0 unspecified atom stereocenters. The van der Waals surface area contributed by atoms with Gasteiger partial charge in [0.1, 0.15) is 11.5 Å². The summed E-state index contributed by atoms with van der Waals surface area (Å²) >= 11 is 6.83. The fourth-order valence-electron chi connectivity index (χ4n) is 2.55. The lowest BCUT2D eigenvalue weighted by Gasteiger charge is -2.09. The van der Waals surface area contributed by atoms with E-state index in [-0.39, 0.29) is 5.69 Å². The third-order valence-electron chi connectivity index (χ3n) is 4.01. The molecule has 7 nitrogen and oxygen atoms in total. The summed E-state index contributed by atoms with van der Waals surface area (Å²) in [6.07, 6.45) is 3.25. The lowest BCUT2D eigenvalue weighted by molar-refractivity contribution is 0.0949. The van der Waals surface area contributed by atoms with E-state index in [1.807, 2.05) is 24.3 Å². The van der Waals surface area contributed by atoms with Crippen molar-refractivity contribution in [2.24, 2.45) is 5.10 Å². The fourth-order valence-corrected chi connectivity index (χ4v) is 3.34. The average molecular weight is 522 g/mol. The molecule has 2 aromatic carbocycles. The van der Waals surface area contributed by atoms with E-state index in [9.17, 15) is 4.79 Å². The molecule has 150 valence electrons. The Labute approximate surface area is 185 Å². The normalized spacial score (nSPS) is 10.9. The van der Waals surface area contributed by atoms with E-state index in [4.69, 9.17) is 9.47 Å². The van der Waals surface area contributed by atoms with Crippen LogP contribution in [0, 0.1) is 0 Å². The molecule has 0 spiro atoms. The van der Waals surface area contributed by atoms with Crippen LogP contribution in [-0.4, -0.2) is 36.1 Å². The first-order valence-electron chi connectivity index (χ1n) is 8.53. The van der Waals surface area contributed by atoms with E-state index in [2.05, 4.69) is 47.5 Å². The number of aromatic nitrogens is 2. The second-order valence-corrected chi connectivity index (χ2v) is 7.72. The van der Waals surface area contributed by atoms with Gasteiger partial charge < -0.3 is 9.47 Å². The van der Waals surface area contributed by atoms with Gasteiger partial charge in [-0.2, -0.15) is 10.2 Å². The lowest BCUT2D eigenvalue weighted by Crippen LogP contribution is -2.18. The first-order valence-corrected chi connectivity index (χ1v) is 10.1. The first kappa shape index (κ1) is 21.1. The zero-order valence-electron chi connectivity index (χ0n) is 15.7. The summed E-state index contributed by atoms with van der Waals surface area (Å²) in [5.74, 6) is 0.809. The molecule has 0 radical (unpaired) electrons. The Balaban J connectivity index is 1.64. The minimum absolute atomic E-state index is 0.280. The molecular formula is C20H18Br2N4O3. The summed E-state index contributed by atoms with van der Waals surface area (Å²) < 4.78 is 14.0. The molecule has 1 heterocycles. The number of hydrogen-bond acceptors (Lipinski definition) is 5. The molecule has 0 saturated heterocycles. The van der Waals surface area contributed by atoms with E-state index < -0.39 is 5.91 Å². The summed E-state index contributed by atoms with van der Waals surface area (Å²) in [4.78, 5) is 12.3. The van der Waals surface area contributed by atoms with Crippen molar-refractivity contribution in [1.82, 2.24) is 15.2 Å². The smallest absolute Gasteiger partial charge is 0.291 e. The fraction of sp³-hybridized carbons (Fsp3) is 0.150. The number of nitrogens with one attached hydrogen (secondary N) is 1. The Hall–Kier alpha value is -2.65. The summed E-state index contributed by atoms with van der Waals surface area (Å²) in [7, 11) is 3.13. The van der Waals surface area contributed by atoms with Gasteiger partial charge in [0.15, 0.2) is 5.69 Å². The van der Waals surface area contributed by atoms with Gasteiger partial charge in [0.25, 0.3) is 5.91 Å². The number of methoxy groups -OCH3 is 2. The summed E-state index contributed by atoms with van der Waals surface area (Å²) in [6.45, 7) is 0.570. The van der Waals surface area contributed by atoms with Crippen LogP contribution >= 0.6 is 31.9 Å². The van der Waals surface area contributed by atoms with Gasteiger partial charge in [-0.3, -0.25) is 9.48 Å². The predicted octanol–water partition coefficient (Wildman–Crippen LogP) is 4.24. The van der Waals surface area contributed by atoms with Gasteiger partial charge in [-0.25, -0.2) is 5.43 Å². The van der Waals surface area contributed by atoms with Crippen molar-refractivity contribution in [3.05, 3.63) is 74.4 Å². The SMILES string of the molecule is COc1cc(OC)c(/C=N/NC(=O)c2ccn(Cc3ccc(Br)cc3)n2)cc1Br. The third kappa shape index (κ3) is 5.45. The maximum Gasteiger partial charge on any atom is 0.291 e. The van der Waals surface area contributed by atoms with Crippen LogP contribution in [0.1, 0.15) is 21.6 Å². The van der Waals surface area contributed by atoms with Gasteiger partial charge in [0.2, 0.25) is 0 Å². The highest BCUT2D eigenvalue weighted by atomic mass is 79.9. The zero-order chi connectivity index (χ0) is 20.8. The molecule has 0 atom stereocenters. The molecule has 1 aromatic heterocycles. The van der Waals surface area contributed by atoms with E-state index in [0.29, 0.717) is 23.6 Å². The molecule has 29 heavy (non-hydrogen) atoms. The van der Waals surface area contributed by atoms with Gasteiger partial charge in [-0.1, -0.05) is 28.1 Å². The number of hydrazone groups is 1. The van der Waals surface area contributed by atoms with E-state index in [1.54, 1.807) is 43.3 Å². The topological polar surface area (TPSA) is 77.7 Å². The van der Waals surface area contributed by atoms with Crippen LogP contribution < -0.4 is 14.9 Å². The Morgan fingerprint density at radius 3 is 2.55 bits per heavy atom. The largest absolute Gasteiger partial charge is 0.496 e. The van der Waals surface area contributed by atoms with Crippen molar-refractivity contribution in [1.29, 1.82) is 0 Å². The van der Waals surface area contributed by atoms with Gasteiger partial charge >= 0.3 is 0 Å². The monoisotopic (exact) mass is 520 g/mol. The first-order chi connectivity index (χ1) is 14.0. The number of hydrogen-bond donors (Lipinski definition) is 1. The van der Waals surface area contributed by atoms with Crippen LogP contribution in [0.5, 0.6) is 11.5 Å². The highest BCUT2D eigenvalue weighted by molar-refractivity contribution is 9.10. The Kier molecular flexibility index (Phi) is 7.05. The standard InChI is InChI=1S/C20H18Br2N4O3/c1-28-18-10-19(29-2)16(22)9-14(18)11-23-24-20(27)17-7-8-26(25-17)12-13-3-5-15(21)6-4-13/h3-11H,12H2,1-2H3,(H,24,27)/b23-11+. The Morgan fingerprint density at radius 1 is 1.14 bits per heavy atom. The van der Waals surface area contributed by atoms with Crippen molar-refractivity contribution >= 4 is 44.0 Å². The predicted molar refractivity (Wildman–Crippen MR) is 118 cm³/mol. The second kappa shape index (κ2) is 9.71. The Morgan fingerprint density at radius 2 is 1.86 bits per heavy atom. The third-order valence-corrected chi connectivity index (χ3v) is 5.15. The van der Waals surface area contributed by atoms with Crippen LogP contribution in [0.25, 0.3) is 0 Å². The van der Waals surface area contributed by atoms with Gasteiger partial charge in [-0.05, 0) is 45.8 Å². The van der Waals surface area contributed by atoms with Crippen molar-refractivity contribution in [2.75, 3.05) is 14.2 Å². The van der Waals surface area contributed by atoms with Crippen LogP contribution in [0.15, 0.2) is 62.7 Å². The molecule has 0 saturated carbocycles. The molecular weight excluding hydrogens is 504 g/mol. The van der Waals surface area contributed by atoms with Crippen LogP contribution in [0.3, 0.4) is 0 Å². The summed E-state index contributed by atoms with van der Waals surface area (Å²) in [5.41, 5.74) is 4.52. The average Bonchev–Trinajstić information content (AvgIpc) is 3.18. The molecule has 3 aromatic rings. The minimum atomic E-state index is -0.401. The number of carbonyl (C=O) groups excluding carboxylic acids is 1. The molecule has 0 bridgehead atoms. The molecule has 3 rings (SSSR count). The molecule has 0 fully saturated rings. The number of ether oxygens (including phenoxy) is 2. The van der Waals surface area contributed by atoms with Gasteiger partial charge in [-0.15, -0.1) is 0 Å². The van der Waals surface area contributed by atoms with Gasteiger partial charge in [0, 0.05) is 22.3 Å². The maximum absolute atomic E-state index is 12.3. The number of carbonyl (C=O) groups is 1. The quantitative estimate of drug-likeness (QED) is 0.372. The van der Waals surface area contributed by atoms with Crippen LogP contribution in [0.2, 0.25) is 0 Å². The number of rotatable bonds is 7. The number of nitrogens with zero attached hydrogens (tertiary/aromatic N) is 3. The molecule has 0 aliphatic rings. The maximum atomic E-state index is 12.3. The molecule has 9 heteroatoms. The summed E-state index contributed by atoms with van der Waals surface area (Å²) in [6, 6.07) is 13.1. The number of benzene rings is 2. The zero-order valence-corrected chi connectivity index (χ0v) is 18.9. The minimum Gasteiger partial charge on any atom is -0.496 e.